The first-order valence-electron chi connectivity index (χ1n) is 2.48. The van der Waals surface area contributed by atoms with Crippen molar-refractivity contribution in [2.75, 3.05) is 13.1 Å². The topological polar surface area (TPSA) is 15.6 Å². The van der Waals surface area contributed by atoms with E-state index in [1.165, 1.54) is 0 Å². The van der Waals surface area contributed by atoms with E-state index in [1.807, 2.05) is 19.8 Å². The van der Waals surface area contributed by atoms with Crippen molar-refractivity contribution >= 4 is 6.34 Å². The second kappa shape index (κ2) is 1.96. The molecule has 0 aliphatic carbocycles. The highest BCUT2D eigenvalue weighted by Gasteiger charge is 1.99. The Morgan fingerprint density at radius 3 is 3.00 bits per heavy atom. The highest BCUT2D eigenvalue weighted by Crippen LogP contribution is 1.93. The summed E-state index contributed by atoms with van der Waals surface area (Å²) in [5, 5.41) is 0. The van der Waals surface area contributed by atoms with E-state index in [0.717, 1.165) is 13.1 Å². The Morgan fingerprint density at radius 2 is 2.71 bits per heavy atom. The Bertz CT molecular complexity index is 78.1. The zero-order valence-electron chi connectivity index (χ0n) is 4.46. The normalized spacial score (nSPS) is 18.7. The van der Waals surface area contributed by atoms with Crippen molar-refractivity contribution in [2.45, 2.75) is 6.92 Å². The molecule has 0 atom stereocenters. The standard InChI is InChI=1S/C5H9N2/c1-2-7-4-3-6-5-7/h2,5H,3-4H2,1H3. The van der Waals surface area contributed by atoms with Crippen molar-refractivity contribution in [3.63, 3.8) is 0 Å². The zero-order chi connectivity index (χ0) is 5.11. The fourth-order valence-corrected chi connectivity index (χ4v) is 0.589. The highest BCUT2D eigenvalue weighted by molar-refractivity contribution is 5.57. The largest absolute Gasteiger partial charge is 0.356 e. The average Bonchev–Trinajstić information content (AvgIpc) is 2.14. The molecule has 0 bridgehead atoms. The summed E-state index contributed by atoms with van der Waals surface area (Å²) in [6.45, 7) is 6.06. The molecular weight excluding hydrogens is 88.1 g/mol. The van der Waals surface area contributed by atoms with Gasteiger partial charge in [-0.2, -0.15) is 0 Å². The van der Waals surface area contributed by atoms with Gasteiger partial charge in [0.25, 0.3) is 0 Å². The van der Waals surface area contributed by atoms with Gasteiger partial charge in [-0.3, -0.25) is 4.99 Å². The van der Waals surface area contributed by atoms with E-state index >= 15 is 0 Å². The van der Waals surface area contributed by atoms with Crippen molar-refractivity contribution in [3.8, 4) is 0 Å². The van der Waals surface area contributed by atoms with E-state index in [1.54, 1.807) is 0 Å². The van der Waals surface area contributed by atoms with Gasteiger partial charge < -0.3 is 4.90 Å². The van der Waals surface area contributed by atoms with Gasteiger partial charge in [0.15, 0.2) is 0 Å². The molecule has 2 heteroatoms. The van der Waals surface area contributed by atoms with Crippen molar-refractivity contribution in [1.82, 2.24) is 4.90 Å². The summed E-state index contributed by atoms with van der Waals surface area (Å²) >= 11 is 0. The Balaban J connectivity index is 2.28. The molecule has 0 spiro atoms. The SMILES string of the molecule is C[CH]N1C=NCC1. The minimum atomic E-state index is 0.963. The summed E-state index contributed by atoms with van der Waals surface area (Å²) in [6.07, 6.45) is 1.86. The van der Waals surface area contributed by atoms with Crippen LogP contribution in [0, 0.1) is 6.54 Å². The predicted octanol–water partition coefficient (Wildman–Crippen LogP) is 0.512. The zero-order valence-corrected chi connectivity index (χ0v) is 4.46. The van der Waals surface area contributed by atoms with Crippen molar-refractivity contribution in [2.24, 2.45) is 4.99 Å². The smallest absolute Gasteiger partial charge is 0.0854 e. The van der Waals surface area contributed by atoms with E-state index < -0.39 is 0 Å². The first-order valence-corrected chi connectivity index (χ1v) is 2.48. The summed E-state index contributed by atoms with van der Waals surface area (Å²) in [5.41, 5.74) is 0. The molecule has 0 unspecified atom stereocenters. The monoisotopic (exact) mass is 97.1 g/mol. The van der Waals surface area contributed by atoms with E-state index in [2.05, 4.69) is 9.89 Å². The van der Waals surface area contributed by atoms with Crippen LogP contribution in [0.25, 0.3) is 0 Å². The van der Waals surface area contributed by atoms with Gasteiger partial charge in [0.05, 0.1) is 12.9 Å². The Morgan fingerprint density at radius 1 is 1.86 bits per heavy atom. The van der Waals surface area contributed by atoms with Gasteiger partial charge >= 0.3 is 0 Å². The number of nitrogens with zero attached hydrogens (tertiary/aromatic N) is 2. The Kier molecular flexibility index (Phi) is 1.29. The van der Waals surface area contributed by atoms with Crippen LogP contribution in [0.3, 0.4) is 0 Å². The molecule has 2 nitrogen and oxygen atoms in total. The summed E-state index contributed by atoms with van der Waals surface area (Å²) in [4.78, 5) is 6.07. The van der Waals surface area contributed by atoms with Crippen LogP contribution in [0.1, 0.15) is 6.92 Å². The van der Waals surface area contributed by atoms with Gasteiger partial charge in [-0.15, -0.1) is 0 Å². The molecule has 1 rings (SSSR count). The summed E-state index contributed by atoms with van der Waals surface area (Å²) in [7, 11) is 0. The van der Waals surface area contributed by atoms with Gasteiger partial charge in [-0.25, -0.2) is 0 Å². The van der Waals surface area contributed by atoms with Crippen molar-refractivity contribution in [1.29, 1.82) is 0 Å². The lowest BCUT2D eigenvalue weighted by molar-refractivity contribution is 0.565. The van der Waals surface area contributed by atoms with E-state index in [0.29, 0.717) is 0 Å². The highest BCUT2D eigenvalue weighted by atomic mass is 15.2. The van der Waals surface area contributed by atoms with Gasteiger partial charge in [-0.1, -0.05) is 0 Å². The molecule has 39 valence electrons. The summed E-state index contributed by atoms with van der Waals surface area (Å²) in [6, 6.07) is 0. The molecule has 1 aliphatic heterocycles. The number of aliphatic imine (C=N–C) groups is 1. The molecule has 0 aromatic heterocycles. The molecule has 0 N–H and O–H groups in total. The maximum absolute atomic E-state index is 4.01. The Labute approximate surface area is 43.8 Å². The first kappa shape index (κ1) is 4.62. The second-order valence-corrected chi connectivity index (χ2v) is 1.52. The fraction of sp³-hybridized carbons (Fsp3) is 0.600. The van der Waals surface area contributed by atoms with Gasteiger partial charge in [-0.05, 0) is 6.92 Å². The van der Waals surface area contributed by atoms with Gasteiger partial charge in [0.2, 0.25) is 0 Å². The molecule has 0 amide bonds. The minimum absolute atomic E-state index is 0.963. The average molecular weight is 97.1 g/mol. The molecular formula is C5H9N2. The molecule has 1 aliphatic rings. The van der Waals surface area contributed by atoms with Crippen molar-refractivity contribution < 1.29 is 0 Å². The Hall–Kier alpha value is -0.530. The van der Waals surface area contributed by atoms with E-state index in [4.69, 9.17) is 0 Å². The van der Waals surface area contributed by atoms with Crippen LogP contribution < -0.4 is 0 Å². The lowest BCUT2D eigenvalue weighted by Gasteiger charge is -2.06. The van der Waals surface area contributed by atoms with Crippen LogP contribution in [-0.2, 0) is 0 Å². The molecule has 0 saturated heterocycles. The number of hydrogen-bond acceptors (Lipinski definition) is 2. The quantitative estimate of drug-likeness (QED) is 0.465. The third kappa shape index (κ3) is 0.918. The first-order chi connectivity index (χ1) is 3.43. The van der Waals surface area contributed by atoms with Gasteiger partial charge in [0, 0.05) is 13.1 Å². The maximum Gasteiger partial charge on any atom is 0.0854 e. The lowest BCUT2D eigenvalue weighted by Crippen LogP contribution is -2.13. The molecule has 0 aromatic rings. The van der Waals surface area contributed by atoms with Crippen molar-refractivity contribution in [3.05, 3.63) is 6.54 Å². The maximum atomic E-state index is 4.01. The summed E-state index contributed by atoms with van der Waals surface area (Å²) in [5.74, 6) is 0. The number of hydrogen-bond donors (Lipinski definition) is 0. The fourth-order valence-electron chi connectivity index (χ4n) is 0.589. The molecule has 0 saturated carbocycles. The third-order valence-corrected chi connectivity index (χ3v) is 1.05. The second-order valence-electron chi connectivity index (χ2n) is 1.52. The molecule has 0 aromatic carbocycles. The molecule has 0 fully saturated rings. The molecule has 1 heterocycles. The molecule has 1 radical (unpaired) electrons. The van der Waals surface area contributed by atoms with Crippen LogP contribution in [0.15, 0.2) is 4.99 Å². The van der Waals surface area contributed by atoms with Crippen LogP contribution in [0.4, 0.5) is 0 Å². The predicted molar refractivity (Wildman–Crippen MR) is 30.0 cm³/mol. The summed E-state index contributed by atoms with van der Waals surface area (Å²) < 4.78 is 0. The third-order valence-electron chi connectivity index (χ3n) is 1.05. The van der Waals surface area contributed by atoms with E-state index in [-0.39, 0.29) is 0 Å². The van der Waals surface area contributed by atoms with E-state index in [9.17, 15) is 0 Å². The van der Waals surface area contributed by atoms with Gasteiger partial charge in [0.1, 0.15) is 0 Å². The van der Waals surface area contributed by atoms with Crippen LogP contribution in [0.2, 0.25) is 0 Å². The van der Waals surface area contributed by atoms with Crippen LogP contribution >= 0.6 is 0 Å². The van der Waals surface area contributed by atoms with Crippen LogP contribution in [-0.4, -0.2) is 24.3 Å². The number of rotatable bonds is 1. The molecule has 7 heavy (non-hydrogen) atoms. The minimum Gasteiger partial charge on any atom is -0.356 e. The van der Waals surface area contributed by atoms with Crippen LogP contribution in [0.5, 0.6) is 0 Å². The lowest BCUT2D eigenvalue weighted by atomic mass is 10.6.